The molecule has 0 saturated carbocycles. The Morgan fingerprint density at radius 1 is 1.04 bits per heavy atom. The van der Waals surface area contributed by atoms with Gasteiger partial charge in [-0.15, -0.1) is 0 Å². The van der Waals surface area contributed by atoms with Crippen LogP contribution in [0.3, 0.4) is 0 Å². The summed E-state index contributed by atoms with van der Waals surface area (Å²) in [6, 6.07) is 17.5. The number of nitrogens with one attached hydrogen (secondary N) is 1. The average Bonchev–Trinajstić information content (AvgIpc) is 2.64. The Kier molecular flexibility index (Phi) is 6.67. The first-order valence-electron chi connectivity index (χ1n) is 8.28. The topological polar surface area (TPSA) is 47.6 Å². The van der Waals surface area contributed by atoms with Crippen LogP contribution in [0.15, 0.2) is 54.6 Å². The van der Waals surface area contributed by atoms with Crippen LogP contribution in [0.25, 0.3) is 0 Å². The van der Waals surface area contributed by atoms with Crippen LogP contribution in [-0.4, -0.2) is 25.7 Å². The average molecular weight is 327 g/mol. The van der Waals surface area contributed by atoms with Crippen molar-refractivity contribution in [3.05, 3.63) is 60.2 Å². The number of para-hydroxylation sites is 2. The molecule has 0 radical (unpaired) electrons. The first-order chi connectivity index (χ1) is 11.7. The van der Waals surface area contributed by atoms with Crippen molar-refractivity contribution in [2.75, 3.05) is 13.7 Å². The van der Waals surface area contributed by atoms with Crippen LogP contribution in [0.5, 0.6) is 11.5 Å². The van der Waals surface area contributed by atoms with Gasteiger partial charge in [0.2, 0.25) is 0 Å². The molecule has 1 amide bonds. The minimum atomic E-state index is -0.538. The fourth-order valence-corrected chi connectivity index (χ4v) is 2.46. The molecule has 2 atom stereocenters. The van der Waals surface area contributed by atoms with E-state index in [0.29, 0.717) is 24.5 Å². The van der Waals surface area contributed by atoms with E-state index in [9.17, 15) is 4.79 Å². The molecule has 0 saturated heterocycles. The summed E-state index contributed by atoms with van der Waals surface area (Å²) in [5.41, 5.74) is 1.21. The molecule has 128 valence electrons. The summed E-state index contributed by atoms with van der Waals surface area (Å²) in [6.07, 6.45) is 0.0492. The van der Waals surface area contributed by atoms with Gasteiger partial charge in [0.15, 0.2) is 17.6 Å². The fourth-order valence-electron chi connectivity index (χ4n) is 2.46. The standard InChI is InChI=1S/C20H25NO3/c1-4-17(24-19-13-9-8-12-18(19)23-3)20(22)21-14-15(2)16-10-6-5-7-11-16/h5-13,15,17H,4,14H2,1-3H3,(H,21,22)/t15-,17+/m1/s1. The number of benzene rings is 2. The summed E-state index contributed by atoms with van der Waals surface area (Å²) in [5.74, 6) is 1.35. The number of hydrogen-bond acceptors (Lipinski definition) is 3. The van der Waals surface area contributed by atoms with Crippen LogP contribution >= 0.6 is 0 Å². The van der Waals surface area contributed by atoms with Gasteiger partial charge in [-0.25, -0.2) is 0 Å². The number of carbonyl (C=O) groups is 1. The molecule has 2 aromatic carbocycles. The minimum Gasteiger partial charge on any atom is -0.493 e. The lowest BCUT2D eigenvalue weighted by Gasteiger charge is -2.20. The van der Waals surface area contributed by atoms with Crippen molar-refractivity contribution in [3.8, 4) is 11.5 Å². The monoisotopic (exact) mass is 327 g/mol. The van der Waals surface area contributed by atoms with Gasteiger partial charge in [0.1, 0.15) is 0 Å². The van der Waals surface area contributed by atoms with Crippen molar-refractivity contribution in [3.63, 3.8) is 0 Å². The molecule has 0 unspecified atom stereocenters. The van der Waals surface area contributed by atoms with Gasteiger partial charge in [0.05, 0.1) is 7.11 Å². The van der Waals surface area contributed by atoms with E-state index in [2.05, 4.69) is 24.4 Å². The Hall–Kier alpha value is -2.49. The summed E-state index contributed by atoms with van der Waals surface area (Å²) >= 11 is 0. The van der Waals surface area contributed by atoms with Gasteiger partial charge in [-0.3, -0.25) is 4.79 Å². The Bertz CT molecular complexity index is 642. The highest BCUT2D eigenvalue weighted by Crippen LogP contribution is 2.27. The van der Waals surface area contributed by atoms with Crippen molar-refractivity contribution < 1.29 is 14.3 Å². The summed E-state index contributed by atoms with van der Waals surface area (Å²) in [4.78, 5) is 12.4. The molecule has 0 fully saturated rings. The third kappa shape index (κ3) is 4.75. The minimum absolute atomic E-state index is 0.105. The third-order valence-electron chi connectivity index (χ3n) is 3.95. The van der Waals surface area contributed by atoms with Crippen LogP contribution in [0.4, 0.5) is 0 Å². The fraction of sp³-hybridized carbons (Fsp3) is 0.350. The second-order valence-electron chi connectivity index (χ2n) is 5.72. The molecule has 2 aromatic rings. The molecular formula is C20H25NO3. The van der Waals surface area contributed by atoms with Crippen LogP contribution in [0.2, 0.25) is 0 Å². The predicted octanol–water partition coefficient (Wildman–Crippen LogP) is 3.77. The second-order valence-corrected chi connectivity index (χ2v) is 5.72. The van der Waals surface area contributed by atoms with Crippen LogP contribution in [-0.2, 0) is 4.79 Å². The number of carbonyl (C=O) groups excluding carboxylic acids is 1. The number of ether oxygens (including phenoxy) is 2. The molecule has 0 aliphatic carbocycles. The van der Waals surface area contributed by atoms with E-state index in [1.54, 1.807) is 13.2 Å². The van der Waals surface area contributed by atoms with Crippen LogP contribution in [0, 0.1) is 0 Å². The SMILES string of the molecule is CC[C@H](Oc1ccccc1OC)C(=O)NC[C@@H](C)c1ccccc1. The molecule has 4 nitrogen and oxygen atoms in total. The molecule has 0 aliphatic rings. The quantitative estimate of drug-likeness (QED) is 0.803. The maximum atomic E-state index is 12.4. The predicted molar refractivity (Wildman–Crippen MR) is 95.6 cm³/mol. The molecule has 0 aromatic heterocycles. The Balaban J connectivity index is 1.94. The molecule has 0 spiro atoms. The summed E-state index contributed by atoms with van der Waals surface area (Å²) < 4.78 is 11.1. The lowest BCUT2D eigenvalue weighted by atomic mass is 10.0. The molecule has 4 heteroatoms. The second kappa shape index (κ2) is 8.96. The first kappa shape index (κ1) is 17.9. The Morgan fingerprint density at radius 2 is 1.67 bits per heavy atom. The smallest absolute Gasteiger partial charge is 0.261 e. The number of amides is 1. The van der Waals surface area contributed by atoms with Gasteiger partial charge < -0.3 is 14.8 Å². The van der Waals surface area contributed by atoms with Crippen molar-refractivity contribution in [1.29, 1.82) is 0 Å². The molecule has 24 heavy (non-hydrogen) atoms. The number of rotatable bonds is 8. The van der Waals surface area contributed by atoms with E-state index in [-0.39, 0.29) is 11.8 Å². The Morgan fingerprint density at radius 3 is 2.29 bits per heavy atom. The maximum Gasteiger partial charge on any atom is 0.261 e. The van der Waals surface area contributed by atoms with Gasteiger partial charge >= 0.3 is 0 Å². The third-order valence-corrected chi connectivity index (χ3v) is 3.95. The van der Waals surface area contributed by atoms with Crippen LogP contribution in [0.1, 0.15) is 31.7 Å². The van der Waals surface area contributed by atoms with E-state index in [1.165, 1.54) is 5.56 Å². The molecular weight excluding hydrogens is 302 g/mol. The van der Waals surface area contributed by atoms with Crippen molar-refractivity contribution in [2.24, 2.45) is 0 Å². The van der Waals surface area contributed by atoms with E-state index < -0.39 is 6.10 Å². The highest BCUT2D eigenvalue weighted by Gasteiger charge is 2.20. The largest absolute Gasteiger partial charge is 0.493 e. The molecule has 2 rings (SSSR count). The normalized spacial score (nSPS) is 13.0. The zero-order valence-electron chi connectivity index (χ0n) is 14.5. The van der Waals surface area contributed by atoms with E-state index in [1.807, 2.05) is 43.3 Å². The van der Waals surface area contributed by atoms with Gasteiger partial charge in [0, 0.05) is 6.54 Å². The Labute approximate surface area is 143 Å². The van der Waals surface area contributed by atoms with Gasteiger partial charge in [0.25, 0.3) is 5.91 Å². The van der Waals surface area contributed by atoms with Crippen molar-refractivity contribution in [1.82, 2.24) is 5.32 Å². The summed E-state index contributed by atoms with van der Waals surface area (Å²) in [7, 11) is 1.59. The van der Waals surface area contributed by atoms with Gasteiger partial charge in [-0.2, -0.15) is 0 Å². The number of methoxy groups -OCH3 is 1. The van der Waals surface area contributed by atoms with Crippen molar-refractivity contribution in [2.45, 2.75) is 32.3 Å². The lowest BCUT2D eigenvalue weighted by molar-refractivity contribution is -0.128. The summed E-state index contributed by atoms with van der Waals surface area (Å²) in [6.45, 7) is 4.60. The van der Waals surface area contributed by atoms with Crippen LogP contribution < -0.4 is 14.8 Å². The lowest BCUT2D eigenvalue weighted by Crippen LogP contribution is -2.39. The molecule has 0 heterocycles. The highest BCUT2D eigenvalue weighted by molar-refractivity contribution is 5.81. The zero-order valence-corrected chi connectivity index (χ0v) is 14.5. The highest BCUT2D eigenvalue weighted by atomic mass is 16.5. The van der Waals surface area contributed by atoms with E-state index in [0.717, 1.165) is 0 Å². The first-order valence-corrected chi connectivity index (χ1v) is 8.28. The molecule has 1 N–H and O–H groups in total. The summed E-state index contributed by atoms with van der Waals surface area (Å²) in [5, 5.41) is 2.98. The maximum absolute atomic E-state index is 12.4. The number of hydrogen-bond donors (Lipinski definition) is 1. The van der Waals surface area contributed by atoms with E-state index in [4.69, 9.17) is 9.47 Å². The van der Waals surface area contributed by atoms with Gasteiger partial charge in [-0.1, -0.05) is 56.3 Å². The molecule has 0 bridgehead atoms. The van der Waals surface area contributed by atoms with E-state index >= 15 is 0 Å². The van der Waals surface area contributed by atoms with Crippen molar-refractivity contribution >= 4 is 5.91 Å². The van der Waals surface area contributed by atoms with Gasteiger partial charge in [-0.05, 0) is 30.0 Å². The molecule has 0 aliphatic heterocycles. The zero-order chi connectivity index (χ0) is 17.4.